The van der Waals surface area contributed by atoms with Crippen LogP contribution in [0.25, 0.3) is 5.65 Å². The van der Waals surface area contributed by atoms with Crippen LogP contribution in [0.15, 0.2) is 36.4 Å². The van der Waals surface area contributed by atoms with E-state index in [2.05, 4.69) is 39.7 Å². The first-order valence-corrected chi connectivity index (χ1v) is 10.4. The number of nitrogens with zero attached hydrogens (tertiary/aromatic N) is 3. The molecule has 3 aromatic rings. The number of rotatable bonds is 8. The van der Waals surface area contributed by atoms with E-state index in [0.717, 1.165) is 39.8 Å². The van der Waals surface area contributed by atoms with Gasteiger partial charge in [0.15, 0.2) is 5.65 Å². The van der Waals surface area contributed by atoms with Crippen LogP contribution in [0.3, 0.4) is 0 Å². The van der Waals surface area contributed by atoms with Crippen LogP contribution in [-0.2, 0) is 17.0 Å². The number of hydrogen-bond acceptors (Lipinski definition) is 4. The summed E-state index contributed by atoms with van der Waals surface area (Å²) in [5.74, 6) is 1.98. The van der Waals surface area contributed by atoms with Crippen LogP contribution in [0, 0.1) is 20.8 Å². The second kappa shape index (κ2) is 9.04. The predicted octanol–water partition coefficient (Wildman–Crippen LogP) is 3.64. The van der Waals surface area contributed by atoms with E-state index in [-0.39, 0.29) is 5.91 Å². The third-order valence-electron chi connectivity index (χ3n) is 4.57. The highest BCUT2D eigenvalue weighted by Gasteiger charge is 2.12. The van der Waals surface area contributed by atoms with Crippen molar-refractivity contribution in [3.8, 4) is 0 Å². The number of aryl methyl sites for hydroxylation is 3. The van der Waals surface area contributed by atoms with Gasteiger partial charge >= 0.3 is 0 Å². The molecule has 0 saturated carbocycles. The predicted molar refractivity (Wildman–Crippen MR) is 111 cm³/mol. The van der Waals surface area contributed by atoms with Gasteiger partial charge in [-0.15, -0.1) is 0 Å². The molecule has 2 heterocycles. The summed E-state index contributed by atoms with van der Waals surface area (Å²) in [5.41, 5.74) is 6.29. The van der Waals surface area contributed by atoms with E-state index in [1.807, 2.05) is 49.2 Å². The number of aromatic nitrogens is 3. The molecular formula is C21H26N4OS. The lowest BCUT2D eigenvalue weighted by Gasteiger charge is -2.11. The Kier molecular flexibility index (Phi) is 6.50. The Morgan fingerprint density at radius 3 is 2.74 bits per heavy atom. The number of amides is 1. The van der Waals surface area contributed by atoms with Gasteiger partial charge in [-0.1, -0.05) is 30.3 Å². The highest BCUT2D eigenvalue weighted by molar-refractivity contribution is 7.98. The van der Waals surface area contributed by atoms with Crippen molar-refractivity contribution in [1.82, 2.24) is 19.9 Å². The van der Waals surface area contributed by atoms with Crippen molar-refractivity contribution in [1.29, 1.82) is 0 Å². The lowest BCUT2D eigenvalue weighted by atomic mass is 10.1. The average molecular weight is 383 g/mol. The summed E-state index contributed by atoms with van der Waals surface area (Å²) in [6.07, 6.45) is 1.15. The zero-order valence-electron chi connectivity index (χ0n) is 16.2. The van der Waals surface area contributed by atoms with Crippen molar-refractivity contribution in [3.05, 3.63) is 64.6 Å². The molecular weight excluding hydrogens is 356 g/mol. The van der Waals surface area contributed by atoms with E-state index in [9.17, 15) is 4.79 Å². The van der Waals surface area contributed by atoms with Crippen LogP contribution < -0.4 is 5.32 Å². The van der Waals surface area contributed by atoms with E-state index in [0.29, 0.717) is 19.4 Å². The zero-order valence-corrected chi connectivity index (χ0v) is 17.0. The molecule has 0 saturated heterocycles. The van der Waals surface area contributed by atoms with E-state index in [1.54, 1.807) is 0 Å². The summed E-state index contributed by atoms with van der Waals surface area (Å²) in [6, 6.07) is 12.4. The minimum Gasteiger partial charge on any atom is -0.355 e. The van der Waals surface area contributed by atoms with Crippen molar-refractivity contribution in [2.24, 2.45) is 0 Å². The molecule has 27 heavy (non-hydrogen) atoms. The smallest absolute Gasteiger partial charge is 0.220 e. The number of hydrogen-bond donors (Lipinski definition) is 1. The Balaban J connectivity index is 1.44. The summed E-state index contributed by atoms with van der Waals surface area (Å²) in [6.45, 7) is 6.71. The van der Waals surface area contributed by atoms with Gasteiger partial charge in [-0.05, 0) is 38.3 Å². The molecule has 0 fully saturated rings. The number of carbonyl (C=O) groups is 1. The molecule has 0 aliphatic heterocycles. The number of carbonyl (C=O) groups excluding carboxylic acids is 1. The van der Waals surface area contributed by atoms with Gasteiger partial charge in [0.1, 0.15) is 0 Å². The largest absolute Gasteiger partial charge is 0.355 e. The number of thioether (sulfide) groups is 1. The Labute approximate surface area is 164 Å². The first-order chi connectivity index (χ1) is 13.0. The normalized spacial score (nSPS) is 11.1. The van der Waals surface area contributed by atoms with Crippen LogP contribution in [0.1, 0.15) is 34.6 Å². The molecule has 0 spiro atoms. The van der Waals surface area contributed by atoms with Crippen LogP contribution in [0.5, 0.6) is 0 Å². The lowest BCUT2D eigenvalue weighted by Crippen LogP contribution is -2.26. The summed E-state index contributed by atoms with van der Waals surface area (Å²) < 4.78 is 1.87. The Morgan fingerprint density at radius 1 is 1.19 bits per heavy atom. The molecule has 5 nitrogen and oxygen atoms in total. The number of nitrogens with one attached hydrogen (secondary N) is 1. The number of fused-ring (bicyclic) bond motifs is 1. The topological polar surface area (TPSA) is 59.3 Å². The van der Waals surface area contributed by atoms with Crippen LogP contribution in [0.2, 0.25) is 0 Å². The quantitative estimate of drug-likeness (QED) is 0.604. The van der Waals surface area contributed by atoms with Gasteiger partial charge in [0.05, 0.1) is 5.69 Å². The molecule has 0 aliphatic carbocycles. The minimum atomic E-state index is 0.0888. The first kappa shape index (κ1) is 19.4. The standard InChI is InChI=1S/C21H26N4OS/c1-15-13-20-23-16(2)19(17(3)25(20)24-15)9-10-21(26)22-11-12-27-14-18-7-5-4-6-8-18/h4-8,13H,9-12,14H2,1-3H3,(H,22,26). The SMILES string of the molecule is Cc1cc2nc(C)c(CCC(=O)NCCSCc3ccccc3)c(C)n2n1. The van der Waals surface area contributed by atoms with E-state index >= 15 is 0 Å². The molecule has 0 radical (unpaired) electrons. The van der Waals surface area contributed by atoms with Crippen molar-refractivity contribution in [2.75, 3.05) is 12.3 Å². The third kappa shape index (κ3) is 5.10. The van der Waals surface area contributed by atoms with Crippen LogP contribution in [-0.4, -0.2) is 32.8 Å². The summed E-state index contributed by atoms with van der Waals surface area (Å²) in [5, 5.41) is 7.50. The fourth-order valence-corrected chi connectivity index (χ4v) is 3.98. The van der Waals surface area contributed by atoms with Crippen molar-refractivity contribution in [2.45, 2.75) is 39.4 Å². The second-order valence-electron chi connectivity index (χ2n) is 6.71. The van der Waals surface area contributed by atoms with E-state index < -0.39 is 0 Å². The van der Waals surface area contributed by atoms with Gasteiger partial charge in [0.25, 0.3) is 0 Å². The summed E-state index contributed by atoms with van der Waals surface area (Å²) in [4.78, 5) is 16.8. The van der Waals surface area contributed by atoms with Crippen LogP contribution >= 0.6 is 11.8 Å². The van der Waals surface area contributed by atoms with Gasteiger partial charge in [0, 0.05) is 41.9 Å². The first-order valence-electron chi connectivity index (χ1n) is 9.25. The van der Waals surface area contributed by atoms with Gasteiger partial charge < -0.3 is 5.32 Å². The van der Waals surface area contributed by atoms with E-state index in [1.165, 1.54) is 5.56 Å². The molecule has 1 N–H and O–H groups in total. The highest BCUT2D eigenvalue weighted by atomic mass is 32.2. The fourth-order valence-electron chi connectivity index (χ4n) is 3.16. The molecule has 0 unspecified atom stereocenters. The minimum absolute atomic E-state index is 0.0888. The van der Waals surface area contributed by atoms with Crippen LogP contribution in [0.4, 0.5) is 0 Å². The molecule has 1 aromatic carbocycles. The fraction of sp³-hybridized carbons (Fsp3) is 0.381. The second-order valence-corrected chi connectivity index (χ2v) is 7.81. The van der Waals surface area contributed by atoms with Crippen molar-refractivity contribution >= 4 is 23.3 Å². The van der Waals surface area contributed by atoms with Gasteiger partial charge in [-0.3, -0.25) is 4.79 Å². The molecule has 3 rings (SSSR count). The maximum Gasteiger partial charge on any atom is 0.220 e. The Bertz CT molecular complexity index is 921. The third-order valence-corrected chi connectivity index (χ3v) is 5.60. The zero-order chi connectivity index (χ0) is 19.2. The maximum absolute atomic E-state index is 12.2. The van der Waals surface area contributed by atoms with Crippen molar-refractivity contribution in [3.63, 3.8) is 0 Å². The van der Waals surface area contributed by atoms with Gasteiger partial charge in [-0.25, -0.2) is 9.50 Å². The molecule has 1 amide bonds. The van der Waals surface area contributed by atoms with Gasteiger partial charge in [0.2, 0.25) is 5.91 Å². The van der Waals surface area contributed by atoms with Crippen molar-refractivity contribution < 1.29 is 4.79 Å². The monoisotopic (exact) mass is 382 g/mol. The lowest BCUT2D eigenvalue weighted by molar-refractivity contribution is -0.120. The molecule has 0 aliphatic rings. The highest BCUT2D eigenvalue weighted by Crippen LogP contribution is 2.17. The molecule has 0 atom stereocenters. The maximum atomic E-state index is 12.2. The van der Waals surface area contributed by atoms with Gasteiger partial charge in [-0.2, -0.15) is 16.9 Å². The number of benzene rings is 1. The van der Waals surface area contributed by atoms with E-state index in [4.69, 9.17) is 0 Å². The average Bonchev–Trinajstić information content (AvgIpc) is 3.02. The molecule has 6 heteroatoms. The summed E-state index contributed by atoms with van der Waals surface area (Å²) in [7, 11) is 0. The Morgan fingerprint density at radius 2 is 1.96 bits per heavy atom. The molecule has 142 valence electrons. The molecule has 0 bridgehead atoms. The molecule has 2 aromatic heterocycles. The summed E-state index contributed by atoms with van der Waals surface area (Å²) >= 11 is 1.84. The Hall–Kier alpha value is -2.34.